The van der Waals surface area contributed by atoms with Crippen molar-refractivity contribution in [2.24, 2.45) is 5.73 Å². The van der Waals surface area contributed by atoms with Gasteiger partial charge in [-0.15, -0.1) is 0 Å². The number of rotatable bonds is 5. The van der Waals surface area contributed by atoms with Crippen LogP contribution in [0.25, 0.3) is 0 Å². The molecule has 0 aliphatic rings. The summed E-state index contributed by atoms with van der Waals surface area (Å²) < 4.78 is 18.7. The van der Waals surface area contributed by atoms with Crippen molar-refractivity contribution >= 4 is 11.6 Å². The molecule has 2 rings (SSSR count). The molecule has 0 fully saturated rings. The average Bonchev–Trinajstić information content (AvgIpc) is 2.40. The van der Waals surface area contributed by atoms with Crippen molar-refractivity contribution in [1.29, 1.82) is 0 Å². The van der Waals surface area contributed by atoms with Crippen molar-refractivity contribution in [3.63, 3.8) is 0 Å². The minimum atomic E-state index is -0.350. The molecule has 2 nitrogen and oxygen atoms in total. The highest BCUT2D eigenvalue weighted by Gasteiger charge is 2.05. The largest absolute Gasteiger partial charge is 0.489 e. The van der Waals surface area contributed by atoms with E-state index in [-0.39, 0.29) is 5.82 Å². The lowest BCUT2D eigenvalue weighted by molar-refractivity contribution is 0.303. The molecule has 2 aromatic rings. The fourth-order valence-electron chi connectivity index (χ4n) is 1.80. The first-order chi connectivity index (χ1) is 9.20. The SMILES string of the molecule is NCCc1ccccc1OCc1ccc(F)cc1Cl. The normalized spacial score (nSPS) is 10.5. The zero-order chi connectivity index (χ0) is 13.7. The van der Waals surface area contributed by atoms with Crippen molar-refractivity contribution < 1.29 is 9.13 Å². The second-order valence-corrected chi connectivity index (χ2v) is 4.58. The van der Waals surface area contributed by atoms with E-state index in [0.717, 1.165) is 23.3 Å². The smallest absolute Gasteiger partial charge is 0.124 e. The Bertz CT molecular complexity index is 560. The Hall–Kier alpha value is -1.58. The third-order valence-electron chi connectivity index (χ3n) is 2.78. The number of halogens is 2. The van der Waals surface area contributed by atoms with Gasteiger partial charge in [0, 0.05) is 5.56 Å². The fourth-order valence-corrected chi connectivity index (χ4v) is 2.02. The molecule has 100 valence electrons. The zero-order valence-electron chi connectivity index (χ0n) is 10.4. The highest BCUT2D eigenvalue weighted by atomic mass is 35.5. The summed E-state index contributed by atoms with van der Waals surface area (Å²) in [4.78, 5) is 0. The van der Waals surface area contributed by atoms with Gasteiger partial charge >= 0.3 is 0 Å². The van der Waals surface area contributed by atoms with Crippen molar-refractivity contribution in [2.75, 3.05) is 6.54 Å². The lowest BCUT2D eigenvalue weighted by atomic mass is 10.1. The van der Waals surface area contributed by atoms with Crippen molar-refractivity contribution in [3.05, 3.63) is 64.4 Å². The first kappa shape index (κ1) is 13.8. The molecule has 0 spiro atoms. The number of para-hydroxylation sites is 1. The van der Waals surface area contributed by atoms with E-state index in [1.807, 2.05) is 24.3 Å². The number of ether oxygens (including phenoxy) is 1. The molecule has 0 amide bonds. The van der Waals surface area contributed by atoms with Gasteiger partial charge in [-0.1, -0.05) is 35.9 Å². The van der Waals surface area contributed by atoms with E-state index in [4.69, 9.17) is 22.1 Å². The molecule has 0 radical (unpaired) electrons. The van der Waals surface area contributed by atoms with Crippen LogP contribution in [-0.2, 0) is 13.0 Å². The van der Waals surface area contributed by atoms with Crippen LogP contribution in [0.1, 0.15) is 11.1 Å². The van der Waals surface area contributed by atoms with Gasteiger partial charge < -0.3 is 10.5 Å². The Morgan fingerprint density at radius 3 is 2.63 bits per heavy atom. The molecule has 0 aromatic heterocycles. The predicted octanol–water partition coefficient (Wildman–Crippen LogP) is 3.56. The lowest BCUT2D eigenvalue weighted by Crippen LogP contribution is -2.05. The van der Waals surface area contributed by atoms with Gasteiger partial charge in [0.15, 0.2) is 0 Å². The summed E-state index contributed by atoms with van der Waals surface area (Å²) in [6, 6.07) is 12.0. The van der Waals surface area contributed by atoms with Crippen LogP contribution in [0, 0.1) is 5.82 Å². The Morgan fingerprint density at radius 2 is 1.89 bits per heavy atom. The van der Waals surface area contributed by atoms with E-state index >= 15 is 0 Å². The maximum absolute atomic E-state index is 12.9. The lowest BCUT2D eigenvalue weighted by Gasteiger charge is -2.11. The fraction of sp³-hybridized carbons (Fsp3) is 0.200. The zero-order valence-corrected chi connectivity index (χ0v) is 11.2. The molecule has 0 atom stereocenters. The van der Waals surface area contributed by atoms with Crippen LogP contribution in [0.2, 0.25) is 5.02 Å². The third kappa shape index (κ3) is 3.69. The standard InChI is InChI=1S/C15H15ClFNO/c16-14-9-13(17)6-5-12(14)10-19-15-4-2-1-3-11(15)7-8-18/h1-6,9H,7-8,10,18H2. The summed E-state index contributed by atoms with van der Waals surface area (Å²) in [6.07, 6.45) is 0.757. The molecule has 2 aromatic carbocycles. The van der Waals surface area contributed by atoms with Gasteiger partial charge in [0.2, 0.25) is 0 Å². The molecule has 0 saturated heterocycles. The number of nitrogens with two attached hydrogens (primary N) is 1. The van der Waals surface area contributed by atoms with E-state index in [1.54, 1.807) is 6.07 Å². The van der Waals surface area contributed by atoms with E-state index < -0.39 is 0 Å². The van der Waals surface area contributed by atoms with E-state index in [0.29, 0.717) is 18.2 Å². The van der Waals surface area contributed by atoms with Crippen molar-refractivity contribution in [2.45, 2.75) is 13.0 Å². The molecular formula is C15H15ClFNO. The first-order valence-electron chi connectivity index (χ1n) is 6.05. The van der Waals surface area contributed by atoms with Gasteiger partial charge in [-0.05, 0) is 36.7 Å². The molecule has 0 bridgehead atoms. The Balaban J connectivity index is 2.10. The monoisotopic (exact) mass is 279 g/mol. The Morgan fingerprint density at radius 1 is 1.11 bits per heavy atom. The van der Waals surface area contributed by atoms with Crippen LogP contribution in [-0.4, -0.2) is 6.54 Å². The van der Waals surface area contributed by atoms with E-state index in [1.165, 1.54) is 12.1 Å². The van der Waals surface area contributed by atoms with Crippen molar-refractivity contribution in [3.8, 4) is 5.75 Å². The summed E-state index contributed by atoms with van der Waals surface area (Å²) in [5, 5.41) is 0.372. The number of hydrogen-bond donors (Lipinski definition) is 1. The summed E-state index contributed by atoms with van der Waals surface area (Å²) in [5.41, 5.74) is 7.37. The van der Waals surface area contributed by atoms with Gasteiger partial charge in [-0.2, -0.15) is 0 Å². The third-order valence-corrected chi connectivity index (χ3v) is 3.14. The van der Waals surface area contributed by atoms with E-state index in [2.05, 4.69) is 0 Å². The second kappa shape index (κ2) is 6.55. The summed E-state index contributed by atoms with van der Waals surface area (Å²) in [7, 11) is 0. The highest BCUT2D eigenvalue weighted by molar-refractivity contribution is 6.31. The van der Waals surface area contributed by atoms with Crippen LogP contribution < -0.4 is 10.5 Å². The molecule has 0 unspecified atom stereocenters. The van der Waals surface area contributed by atoms with Crippen LogP contribution in [0.4, 0.5) is 4.39 Å². The molecule has 0 heterocycles. The quantitative estimate of drug-likeness (QED) is 0.908. The summed E-state index contributed by atoms with van der Waals surface area (Å²) in [6.45, 7) is 0.873. The molecule has 2 N–H and O–H groups in total. The summed E-state index contributed by atoms with van der Waals surface area (Å²) >= 11 is 5.96. The van der Waals surface area contributed by atoms with Crippen LogP contribution in [0.5, 0.6) is 5.75 Å². The highest BCUT2D eigenvalue weighted by Crippen LogP contribution is 2.22. The molecule has 0 saturated carbocycles. The first-order valence-corrected chi connectivity index (χ1v) is 6.43. The second-order valence-electron chi connectivity index (χ2n) is 4.17. The molecule has 19 heavy (non-hydrogen) atoms. The molecule has 4 heteroatoms. The van der Waals surface area contributed by atoms with Crippen LogP contribution in [0.15, 0.2) is 42.5 Å². The van der Waals surface area contributed by atoms with Crippen LogP contribution in [0.3, 0.4) is 0 Å². The number of benzene rings is 2. The molecular weight excluding hydrogens is 265 g/mol. The van der Waals surface area contributed by atoms with Crippen LogP contribution >= 0.6 is 11.6 Å². The van der Waals surface area contributed by atoms with Gasteiger partial charge in [0.05, 0.1) is 5.02 Å². The minimum absolute atomic E-state index is 0.306. The van der Waals surface area contributed by atoms with Gasteiger partial charge in [0.1, 0.15) is 18.2 Å². The summed E-state index contributed by atoms with van der Waals surface area (Å²) in [5.74, 6) is 0.436. The maximum atomic E-state index is 12.9. The van der Waals surface area contributed by atoms with Gasteiger partial charge in [-0.25, -0.2) is 4.39 Å². The molecule has 0 aliphatic carbocycles. The number of hydrogen-bond acceptors (Lipinski definition) is 2. The van der Waals surface area contributed by atoms with Gasteiger partial charge in [0.25, 0.3) is 0 Å². The minimum Gasteiger partial charge on any atom is -0.489 e. The van der Waals surface area contributed by atoms with E-state index in [9.17, 15) is 4.39 Å². The maximum Gasteiger partial charge on any atom is 0.124 e. The Kier molecular flexibility index (Phi) is 4.77. The molecule has 0 aliphatic heterocycles. The Labute approximate surface area is 117 Å². The average molecular weight is 280 g/mol. The topological polar surface area (TPSA) is 35.2 Å². The predicted molar refractivity (Wildman–Crippen MR) is 74.9 cm³/mol. The van der Waals surface area contributed by atoms with Gasteiger partial charge in [-0.3, -0.25) is 0 Å². The van der Waals surface area contributed by atoms with Crippen molar-refractivity contribution in [1.82, 2.24) is 0 Å².